The van der Waals surface area contributed by atoms with E-state index in [4.69, 9.17) is 11.6 Å². The number of carbonyl (C=O) groups is 1. The van der Waals surface area contributed by atoms with E-state index >= 15 is 0 Å². The van der Waals surface area contributed by atoms with Crippen LogP contribution in [0.3, 0.4) is 0 Å². The second-order valence-electron chi connectivity index (χ2n) is 7.85. The van der Waals surface area contributed by atoms with Gasteiger partial charge in [0.25, 0.3) is 0 Å². The van der Waals surface area contributed by atoms with Gasteiger partial charge in [-0.1, -0.05) is 41.4 Å². The maximum absolute atomic E-state index is 13.3. The van der Waals surface area contributed by atoms with E-state index in [0.29, 0.717) is 12.2 Å². The van der Waals surface area contributed by atoms with Crippen LogP contribution in [0.5, 0.6) is 0 Å². The van der Waals surface area contributed by atoms with E-state index < -0.39 is 28.8 Å². The fourth-order valence-corrected chi connectivity index (χ4v) is 3.88. The lowest BCUT2D eigenvalue weighted by Crippen LogP contribution is -2.26. The molecule has 2 heterocycles. The van der Waals surface area contributed by atoms with Crippen molar-refractivity contribution in [3.8, 4) is 0 Å². The molecule has 1 aliphatic rings. The van der Waals surface area contributed by atoms with E-state index in [1.165, 1.54) is 13.1 Å². The van der Waals surface area contributed by atoms with Gasteiger partial charge in [0.05, 0.1) is 29.1 Å². The number of rotatable bonds is 6. The number of halogens is 4. The molecule has 1 N–H and O–H groups in total. The molecule has 0 aliphatic heterocycles. The Kier molecular flexibility index (Phi) is 5.55. The molecule has 0 saturated heterocycles. The molecule has 164 valence electrons. The first kappa shape index (κ1) is 21.4. The molecule has 1 aromatic carbocycles. The summed E-state index contributed by atoms with van der Waals surface area (Å²) in [5.41, 5.74) is 1.77. The predicted octanol–water partition coefficient (Wildman–Crippen LogP) is 5.19. The van der Waals surface area contributed by atoms with Crippen LogP contribution in [0.2, 0.25) is 5.02 Å². The largest absolute Gasteiger partial charge is 0.436 e. The zero-order valence-electron chi connectivity index (χ0n) is 16.9. The van der Waals surface area contributed by atoms with Crippen molar-refractivity contribution in [2.45, 2.75) is 51.4 Å². The zero-order valence-corrected chi connectivity index (χ0v) is 17.7. The maximum Gasteiger partial charge on any atom is 0.436 e. The molecule has 0 bridgehead atoms. The lowest BCUT2D eigenvalue weighted by molar-refractivity contribution is -0.141. The first-order chi connectivity index (χ1) is 14.6. The molecule has 1 unspecified atom stereocenters. The summed E-state index contributed by atoms with van der Waals surface area (Å²) in [6.45, 7) is 4.03. The smallest absolute Gasteiger partial charge is 0.322 e. The monoisotopic (exact) mass is 451 g/mol. The number of anilines is 1. The van der Waals surface area contributed by atoms with Crippen LogP contribution in [-0.4, -0.2) is 25.5 Å². The first-order valence-electron chi connectivity index (χ1n) is 9.87. The van der Waals surface area contributed by atoms with Crippen molar-refractivity contribution in [1.82, 2.24) is 19.6 Å². The summed E-state index contributed by atoms with van der Waals surface area (Å²) in [6, 6.07) is 7.01. The van der Waals surface area contributed by atoms with E-state index in [9.17, 15) is 18.0 Å². The van der Waals surface area contributed by atoms with Gasteiger partial charge in [-0.2, -0.15) is 23.4 Å². The maximum atomic E-state index is 13.3. The lowest BCUT2D eigenvalue weighted by atomic mass is 10.1. The molecule has 4 rings (SSSR count). The van der Waals surface area contributed by atoms with Gasteiger partial charge >= 0.3 is 6.18 Å². The first-order valence-corrected chi connectivity index (χ1v) is 10.2. The Morgan fingerprint density at radius 2 is 2.10 bits per heavy atom. The Morgan fingerprint density at radius 3 is 2.74 bits per heavy atom. The van der Waals surface area contributed by atoms with Crippen molar-refractivity contribution in [1.29, 1.82) is 0 Å². The highest BCUT2D eigenvalue weighted by molar-refractivity contribution is 6.32. The molecule has 1 fully saturated rings. The van der Waals surface area contributed by atoms with E-state index in [-0.39, 0.29) is 11.6 Å². The average Bonchev–Trinajstić information content (AvgIpc) is 3.33. The Bertz CT molecular complexity index is 1120. The van der Waals surface area contributed by atoms with Crippen LogP contribution >= 0.6 is 11.6 Å². The number of hydrogen-bond donors (Lipinski definition) is 1. The van der Waals surface area contributed by atoms with Crippen LogP contribution in [0.15, 0.2) is 36.7 Å². The number of aromatic nitrogens is 4. The minimum atomic E-state index is -4.68. The third-order valence-electron chi connectivity index (χ3n) is 5.19. The van der Waals surface area contributed by atoms with Crippen LogP contribution in [0, 0.1) is 6.92 Å². The summed E-state index contributed by atoms with van der Waals surface area (Å²) in [7, 11) is 0. The highest BCUT2D eigenvalue weighted by Crippen LogP contribution is 2.47. The number of alkyl halides is 3. The molecular weight excluding hydrogens is 431 g/mol. The molecule has 1 amide bonds. The third-order valence-corrected chi connectivity index (χ3v) is 5.57. The summed E-state index contributed by atoms with van der Waals surface area (Å²) in [5, 5.41) is 10.2. The second-order valence-corrected chi connectivity index (χ2v) is 8.22. The molecular formula is C21H21ClF3N5O. The normalized spacial score (nSPS) is 15.2. The summed E-state index contributed by atoms with van der Waals surface area (Å²) < 4.78 is 42.6. The summed E-state index contributed by atoms with van der Waals surface area (Å²) in [4.78, 5) is 12.8. The van der Waals surface area contributed by atoms with Crippen molar-refractivity contribution in [3.05, 3.63) is 64.2 Å². The fraction of sp³-hybridized carbons (Fsp3) is 0.381. The number of aryl methyl sites for hydroxylation is 1. The number of amides is 1. The summed E-state index contributed by atoms with van der Waals surface area (Å²) in [5.74, 6) is -0.603. The van der Waals surface area contributed by atoms with E-state index in [2.05, 4.69) is 15.5 Å². The molecule has 0 radical (unpaired) electrons. The van der Waals surface area contributed by atoms with Gasteiger partial charge in [0.1, 0.15) is 6.04 Å². The fourth-order valence-electron chi connectivity index (χ4n) is 3.50. The standard InChI is InChI=1S/C21H21ClF3N5O/c1-12-4-3-5-14(8-12)10-29-11-16(9-26-29)27-20(31)13(2)30-18(15-6-7-15)17(22)19(28-30)21(23,24)25/h3-5,8-9,11,13,15H,6-7,10H2,1-2H3,(H,27,31). The van der Waals surface area contributed by atoms with E-state index in [1.54, 1.807) is 10.9 Å². The molecule has 2 aromatic heterocycles. The number of nitrogens with one attached hydrogen (secondary N) is 1. The highest BCUT2D eigenvalue weighted by Gasteiger charge is 2.43. The Morgan fingerprint density at radius 1 is 1.35 bits per heavy atom. The molecule has 1 saturated carbocycles. The van der Waals surface area contributed by atoms with Crippen molar-refractivity contribution in [3.63, 3.8) is 0 Å². The third kappa shape index (κ3) is 4.61. The van der Waals surface area contributed by atoms with Crippen molar-refractivity contribution >= 4 is 23.2 Å². The SMILES string of the molecule is Cc1cccc(Cn2cc(NC(=O)C(C)n3nc(C(F)(F)F)c(Cl)c3C3CC3)cn2)c1. The van der Waals surface area contributed by atoms with Gasteiger partial charge in [-0.15, -0.1) is 0 Å². The molecule has 0 spiro atoms. The number of hydrogen-bond acceptors (Lipinski definition) is 3. The van der Waals surface area contributed by atoms with E-state index in [0.717, 1.165) is 28.7 Å². The lowest BCUT2D eigenvalue weighted by Gasteiger charge is -2.15. The summed E-state index contributed by atoms with van der Waals surface area (Å²) >= 11 is 6.00. The van der Waals surface area contributed by atoms with Gasteiger partial charge in [-0.25, -0.2) is 0 Å². The quantitative estimate of drug-likeness (QED) is 0.561. The van der Waals surface area contributed by atoms with Gasteiger partial charge in [0.15, 0.2) is 5.69 Å². The van der Waals surface area contributed by atoms with Gasteiger partial charge in [0.2, 0.25) is 5.91 Å². The topological polar surface area (TPSA) is 64.7 Å². The van der Waals surface area contributed by atoms with Crippen LogP contribution in [0.25, 0.3) is 0 Å². The Labute approximate surface area is 182 Å². The van der Waals surface area contributed by atoms with Gasteiger partial charge < -0.3 is 5.32 Å². The summed E-state index contributed by atoms with van der Waals surface area (Å²) in [6.07, 6.45) is -0.0595. The number of benzene rings is 1. The van der Waals surface area contributed by atoms with Crippen LogP contribution in [-0.2, 0) is 17.5 Å². The van der Waals surface area contributed by atoms with Crippen molar-refractivity contribution in [2.75, 3.05) is 5.32 Å². The van der Waals surface area contributed by atoms with Gasteiger partial charge in [0, 0.05) is 12.1 Å². The molecule has 1 atom stereocenters. The molecule has 3 aromatic rings. The molecule has 10 heteroatoms. The zero-order chi connectivity index (χ0) is 22.3. The molecule has 31 heavy (non-hydrogen) atoms. The highest BCUT2D eigenvalue weighted by atomic mass is 35.5. The number of nitrogens with zero attached hydrogens (tertiary/aromatic N) is 4. The molecule has 1 aliphatic carbocycles. The van der Waals surface area contributed by atoms with Gasteiger partial charge in [-0.3, -0.25) is 14.2 Å². The molecule has 6 nitrogen and oxygen atoms in total. The average molecular weight is 452 g/mol. The van der Waals surface area contributed by atoms with Crippen molar-refractivity contribution < 1.29 is 18.0 Å². The minimum Gasteiger partial charge on any atom is -0.322 e. The van der Waals surface area contributed by atoms with E-state index in [1.807, 2.05) is 31.2 Å². The number of carbonyl (C=O) groups excluding carboxylic acids is 1. The van der Waals surface area contributed by atoms with Gasteiger partial charge in [-0.05, 0) is 32.3 Å². The second kappa shape index (κ2) is 8.03. The predicted molar refractivity (Wildman–Crippen MR) is 110 cm³/mol. The minimum absolute atomic E-state index is 0.108. The Balaban J connectivity index is 1.50. The van der Waals surface area contributed by atoms with Crippen LogP contribution < -0.4 is 5.32 Å². The van der Waals surface area contributed by atoms with Crippen LogP contribution in [0.1, 0.15) is 54.2 Å². The van der Waals surface area contributed by atoms with Crippen LogP contribution in [0.4, 0.5) is 18.9 Å². The Hall–Kier alpha value is -2.81. The van der Waals surface area contributed by atoms with Crippen molar-refractivity contribution in [2.24, 2.45) is 0 Å².